The Labute approximate surface area is 140 Å². The first-order chi connectivity index (χ1) is 11.6. The van der Waals surface area contributed by atoms with Gasteiger partial charge in [0.25, 0.3) is 0 Å². The van der Waals surface area contributed by atoms with Gasteiger partial charge in [0.1, 0.15) is 12.1 Å². The maximum Gasteiger partial charge on any atom is 0.244 e. The van der Waals surface area contributed by atoms with E-state index in [1.54, 1.807) is 0 Å². The molecular formula is C17H20N6O. The number of hydrogen-bond donors (Lipinski definition) is 1. The summed E-state index contributed by atoms with van der Waals surface area (Å²) in [6, 6.07) is 10.1. The highest BCUT2D eigenvalue weighted by Crippen LogP contribution is 2.27. The van der Waals surface area contributed by atoms with Crippen LogP contribution >= 0.6 is 0 Å². The van der Waals surface area contributed by atoms with Crippen LogP contribution in [-0.2, 0) is 11.3 Å². The van der Waals surface area contributed by atoms with Crippen LogP contribution in [0.4, 0.5) is 0 Å². The molecule has 7 heteroatoms. The molecule has 0 spiro atoms. The number of benzene rings is 1. The van der Waals surface area contributed by atoms with Crippen LogP contribution in [0.2, 0.25) is 0 Å². The molecule has 7 nitrogen and oxygen atoms in total. The topological polar surface area (TPSA) is 96.5 Å². The lowest BCUT2D eigenvalue weighted by atomic mass is 9.83. The highest BCUT2D eigenvalue weighted by Gasteiger charge is 2.33. The van der Waals surface area contributed by atoms with Gasteiger partial charge in [0.15, 0.2) is 0 Å². The van der Waals surface area contributed by atoms with Crippen molar-refractivity contribution in [3.63, 3.8) is 0 Å². The third kappa shape index (κ3) is 3.59. The molecule has 1 aliphatic carbocycles. The third-order valence-corrected chi connectivity index (χ3v) is 4.35. The van der Waals surface area contributed by atoms with Crippen molar-refractivity contribution in [2.75, 3.05) is 0 Å². The highest BCUT2D eigenvalue weighted by molar-refractivity contribution is 5.77. The number of aryl methyl sites for hydroxylation is 1. The maximum atomic E-state index is 12.2. The predicted molar refractivity (Wildman–Crippen MR) is 87.6 cm³/mol. The minimum Gasteiger partial charge on any atom is -0.336 e. The van der Waals surface area contributed by atoms with Crippen molar-refractivity contribution < 1.29 is 4.79 Å². The van der Waals surface area contributed by atoms with Gasteiger partial charge >= 0.3 is 0 Å². The van der Waals surface area contributed by atoms with E-state index in [2.05, 4.69) is 26.8 Å². The number of aromatic nitrogens is 4. The molecule has 0 aliphatic heterocycles. The summed E-state index contributed by atoms with van der Waals surface area (Å²) in [5.74, 6) is 0.224. The minimum atomic E-state index is -0.740. The van der Waals surface area contributed by atoms with Gasteiger partial charge in [0.2, 0.25) is 11.7 Å². The highest BCUT2D eigenvalue weighted by atomic mass is 16.2. The molecule has 2 aromatic rings. The molecule has 0 atom stereocenters. The number of carbonyl (C=O) groups is 1. The second-order valence-electron chi connectivity index (χ2n) is 6.31. The third-order valence-electron chi connectivity index (χ3n) is 4.35. The van der Waals surface area contributed by atoms with Gasteiger partial charge < -0.3 is 5.32 Å². The van der Waals surface area contributed by atoms with Gasteiger partial charge in [0.05, 0.1) is 6.07 Å². The molecule has 24 heavy (non-hydrogen) atoms. The fourth-order valence-corrected chi connectivity index (χ4v) is 2.98. The molecule has 0 bridgehead atoms. The van der Waals surface area contributed by atoms with Crippen molar-refractivity contribution in [3.8, 4) is 17.5 Å². The zero-order valence-corrected chi connectivity index (χ0v) is 13.7. The van der Waals surface area contributed by atoms with Crippen LogP contribution in [0.15, 0.2) is 24.3 Å². The Balaban J connectivity index is 1.65. The van der Waals surface area contributed by atoms with Crippen molar-refractivity contribution in [3.05, 3.63) is 29.8 Å². The van der Waals surface area contributed by atoms with Gasteiger partial charge in [-0.15, -0.1) is 10.2 Å². The van der Waals surface area contributed by atoms with E-state index in [1.165, 1.54) is 4.80 Å². The standard InChI is InChI=1S/C17H20N6O/c1-13-5-7-14(8-6-13)16-20-22-23(21-16)11-15(24)19-17(12-18)9-3-2-4-10-17/h5-8H,2-4,9-11H2,1H3,(H,19,24). The van der Waals surface area contributed by atoms with Crippen molar-refractivity contribution in [1.82, 2.24) is 25.5 Å². The summed E-state index contributed by atoms with van der Waals surface area (Å²) in [5.41, 5.74) is 1.27. The lowest BCUT2D eigenvalue weighted by Gasteiger charge is -2.31. The number of amides is 1. The number of hydrogen-bond acceptors (Lipinski definition) is 5. The molecule has 0 radical (unpaired) electrons. The van der Waals surface area contributed by atoms with Crippen LogP contribution in [0, 0.1) is 18.3 Å². The number of nitrogens with zero attached hydrogens (tertiary/aromatic N) is 5. The monoisotopic (exact) mass is 324 g/mol. The van der Waals surface area contributed by atoms with Crippen LogP contribution in [0.25, 0.3) is 11.4 Å². The molecule has 1 N–H and O–H groups in total. The largest absolute Gasteiger partial charge is 0.336 e. The number of nitriles is 1. The number of carbonyl (C=O) groups excluding carboxylic acids is 1. The zero-order chi connectivity index (χ0) is 17.0. The molecule has 0 saturated heterocycles. The first kappa shape index (κ1) is 16.1. The van der Waals surface area contributed by atoms with Crippen LogP contribution in [0.1, 0.15) is 37.7 Å². The smallest absolute Gasteiger partial charge is 0.244 e. The van der Waals surface area contributed by atoms with E-state index in [0.29, 0.717) is 18.7 Å². The molecule has 1 saturated carbocycles. The first-order valence-electron chi connectivity index (χ1n) is 8.17. The Bertz CT molecular complexity index is 752. The molecule has 124 valence electrons. The number of tetrazole rings is 1. The molecule has 0 unspecified atom stereocenters. The summed E-state index contributed by atoms with van der Waals surface area (Å²) in [7, 11) is 0. The summed E-state index contributed by atoms with van der Waals surface area (Å²) >= 11 is 0. The van der Waals surface area contributed by atoms with E-state index < -0.39 is 5.54 Å². The Morgan fingerprint density at radius 2 is 2.00 bits per heavy atom. The number of rotatable bonds is 4. The SMILES string of the molecule is Cc1ccc(-c2nnn(CC(=O)NC3(C#N)CCCCC3)n2)cc1. The molecular weight excluding hydrogens is 304 g/mol. The van der Waals surface area contributed by atoms with Crippen LogP contribution in [0.3, 0.4) is 0 Å². The number of nitrogens with one attached hydrogen (secondary N) is 1. The van der Waals surface area contributed by atoms with Crippen LogP contribution in [0.5, 0.6) is 0 Å². The molecule has 1 amide bonds. The fraction of sp³-hybridized carbons (Fsp3) is 0.471. The average molecular weight is 324 g/mol. The molecule has 1 aromatic carbocycles. The maximum absolute atomic E-state index is 12.2. The molecule has 1 fully saturated rings. The summed E-state index contributed by atoms with van der Waals surface area (Å²) in [6.45, 7) is 1.97. The molecule has 3 rings (SSSR count). The Morgan fingerprint density at radius 1 is 1.29 bits per heavy atom. The van der Waals surface area contributed by atoms with E-state index in [9.17, 15) is 10.1 Å². The Kier molecular flexibility index (Phi) is 4.56. The normalized spacial score (nSPS) is 16.3. The quantitative estimate of drug-likeness (QED) is 0.927. The van der Waals surface area contributed by atoms with E-state index in [-0.39, 0.29) is 12.5 Å². The minimum absolute atomic E-state index is 0.0394. The van der Waals surface area contributed by atoms with E-state index >= 15 is 0 Å². The molecule has 1 aliphatic rings. The molecule has 1 aromatic heterocycles. The lowest BCUT2D eigenvalue weighted by molar-refractivity contribution is -0.123. The van der Waals surface area contributed by atoms with Gasteiger partial charge in [-0.2, -0.15) is 10.1 Å². The second kappa shape index (κ2) is 6.79. The fourth-order valence-electron chi connectivity index (χ4n) is 2.98. The summed E-state index contributed by atoms with van der Waals surface area (Å²) < 4.78 is 0. The van der Waals surface area contributed by atoms with Gasteiger partial charge in [-0.3, -0.25) is 4.79 Å². The Morgan fingerprint density at radius 3 is 2.67 bits per heavy atom. The van der Waals surface area contributed by atoms with Crippen molar-refractivity contribution in [1.29, 1.82) is 5.26 Å². The lowest BCUT2D eigenvalue weighted by Crippen LogP contribution is -2.49. The van der Waals surface area contributed by atoms with Gasteiger partial charge in [-0.1, -0.05) is 49.1 Å². The molecule has 1 heterocycles. The van der Waals surface area contributed by atoms with Crippen molar-refractivity contribution in [2.24, 2.45) is 0 Å². The van der Waals surface area contributed by atoms with Crippen molar-refractivity contribution in [2.45, 2.75) is 51.1 Å². The van der Waals surface area contributed by atoms with Gasteiger partial charge in [0, 0.05) is 5.56 Å². The van der Waals surface area contributed by atoms with E-state index in [1.807, 2.05) is 31.2 Å². The van der Waals surface area contributed by atoms with Crippen LogP contribution in [-0.4, -0.2) is 31.7 Å². The van der Waals surface area contributed by atoms with Gasteiger partial charge in [-0.25, -0.2) is 0 Å². The predicted octanol–water partition coefficient (Wildman–Crippen LogP) is 1.99. The summed E-state index contributed by atoms with van der Waals surface area (Å²) in [6.07, 6.45) is 4.45. The van der Waals surface area contributed by atoms with E-state index in [0.717, 1.165) is 30.4 Å². The first-order valence-corrected chi connectivity index (χ1v) is 8.17. The Hall–Kier alpha value is -2.75. The average Bonchev–Trinajstić information content (AvgIpc) is 3.04. The van der Waals surface area contributed by atoms with Gasteiger partial charge in [-0.05, 0) is 25.0 Å². The second-order valence-corrected chi connectivity index (χ2v) is 6.31. The summed E-state index contributed by atoms with van der Waals surface area (Å²) in [5, 5.41) is 24.4. The van der Waals surface area contributed by atoms with E-state index in [4.69, 9.17) is 0 Å². The zero-order valence-electron chi connectivity index (χ0n) is 13.7. The summed E-state index contributed by atoms with van der Waals surface area (Å²) in [4.78, 5) is 13.5. The van der Waals surface area contributed by atoms with Crippen molar-refractivity contribution >= 4 is 5.91 Å². The van der Waals surface area contributed by atoms with Crippen LogP contribution < -0.4 is 5.32 Å².